The van der Waals surface area contributed by atoms with E-state index in [2.05, 4.69) is 30.7 Å². The van der Waals surface area contributed by atoms with Gasteiger partial charge in [-0.05, 0) is 30.4 Å². The quantitative estimate of drug-likeness (QED) is 0.0541. The second kappa shape index (κ2) is 14.4. The van der Waals surface area contributed by atoms with E-state index in [4.69, 9.17) is 9.47 Å². The number of nitro benzene ring substituents is 3. The summed E-state index contributed by atoms with van der Waals surface area (Å²) in [6.45, 7) is 3.71. The summed E-state index contributed by atoms with van der Waals surface area (Å²) in [6.07, 6.45) is 1.42. The van der Waals surface area contributed by atoms with Crippen LogP contribution in [-0.4, -0.2) is 54.0 Å². The molecule has 2 aromatic heterocycles. The monoisotopic (exact) mass is 647 g/mol. The largest absolute Gasteiger partial charge is 0.466 e. The minimum absolute atomic E-state index is 0.0486. The van der Waals surface area contributed by atoms with Gasteiger partial charge in [-0.3, -0.25) is 30.3 Å². The van der Waals surface area contributed by atoms with Gasteiger partial charge in [0.25, 0.3) is 5.69 Å². The highest BCUT2D eigenvalue weighted by atomic mass is 32.2. The van der Waals surface area contributed by atoms with E-state index in [9.17, 15) is 30.3 Å². The van der Waals surface area contributed by atoms with Crippen molar-refractivity contribution in [3.63, 3.8) is 0 Å². The van der Waals surface area contributed by atoms with Crippen molar-refractivity contribution in [2.45, 2.75) is 25.5 Å². The Hall–Kier alpha value is -4.82. The van der Waals surface area contributed by atoms with Gasteiger partial charge in [0.1, 0.15) is 10.0 Å². The Kier molecular flexibility index (Phi) is 10.4. The van der Waals surface area contributed by atoms with Crippen molar-refractivity contribution in [2.24, 2.45) is 4.99 Å². The van der Waals surface area contributed by atoms with Crippen LogP contribution in [0.5, 0.6) is 11.5 Å². The van der Waals surface area contributed by atoms with Gasteiger partial charge in [0.05, 0.1) is 26.1 Å². The number of nitrogens with zero attached hydrogens (tertiary/aromatic N) is 8. The van der Waals surface area contributed by atoms with Crippen molar-refractivity contribution in [1.82, 2.24) is 20.4 Å². The predicted octanol–water partition coefficient (Wildman–Crippen LogP) is 5.65. The SMILES string of the molecule is CCSC(Cc1nnc(/N=C\Oc2ccc([N+](=O)[O-])cc2[N+](=O)[O-])s1)c1nnc(NCOc2ccc(C)cc2[N+](=O)[O-])s1. The molecule has 0 saturated carbocycles. The Morgan fingerprint density at radius 3 is 2.44 bits per heavy atom. The average Bonchev–Trinajstić information content (AvgIpc) is 3.63. The molecule has 1 N–H and O–H groups in total. The molecule has 224 valence electrons. The van der Waals surface area contributed by atoms with Gasteiger partial charge < -0.3 is 14.8 Å². The molecule has 0 aliphatic rings. The fraction of sp³-hybridized carbons (Fsp3) is 0.261. The number of aryl methyl sites for hydroxylation is 1. The molecule has 20 heteroatoms. The van der Waals surface area contributed by atoms with Crippen molar-refractivity contribution in [1.29, 1.82) is 0 Å². The highest BCUT2D eigenvalue weighted by Gasteiger charge is 2.22. The molecule has 4 aromatic rings. The number of nitrogens with one attached hydrogen (secondary N) is 1. The number of thioether (sulfide) groups is 1. The molecule has 2 heterocycles. The molecule has 0 aliphatic carbocycles. The fourth-order valence-electron chi connectivity index (χ4n) is 3.45. The molecular weight excluding hydrogens is 627 g/mol. The molecule has 4 rings (SSSR count). The van der Waals surface area contributed by atoms with E-state index in [0.717, 1.165) is 40.9 Å². The molecule has 17 nitrogen and oxygen atoms in total. The Balaban J connectivity index is 1.36. The van der Waals surface area contributed by atoms with Gasteiger partial charge in [0.2, 0.25) is 16.0 Å². The summed E-state index contributed by atoms with van der Waals surface area (Å²) in [5.74, 6) is 0.712. The number of nitro groups is 3. The summed E-state index contributed by atoms with van der Waals surface area (Å²) in [6, 6.07) is 7.70. The maximum atomic E-state index is 11.3. The lowest BCUT2D eigenvalue weighted by Gasteiger charge is -2.10. The first-order valence-corrected chi connectivity index (χ1v) is 14.8. The van der Waals surface area contributed by atoms with E-state index in [1.807, 2.05) is 6.92 Å². The molecule has 0 aliphatic heterocycles. The van der Waals surface area contributed by atoms with Crippen molar-refractivity contribution in [3.05, 3.63) is 82.3 Å². The topological polar surface area (TPSA) is 224 Å². The Morgan fingerprint density at radius 2 is 1.72 bits per heavy atom. The Morgan fingerprint density at radius 1 is 0.977 bits per heavy atom. The third-order valence-corrected chi connectivity index (χ3v) is 8.48. The van der Waals surface area contributed by atoms with E-state index in [1.165, 1.54) is 28.7 Å². The van der Waals surface area contributed by atoms with Gasteiger partial charge in [0.15, 0.2) is 18.9 Å². The molecule has 1 atom stereocenters. The van der Waals surface area contributed by atoms with Crippen molar-refractivity contribution in [3.8, 4) is 11.5 Å². The minimum Gasteiger partial charge on any atom is -0.466 e. The number of non-ortho nitro benzene ring substituents is 1. The first-order valence-electron chi connectivity index (χ1n) is 12.2. The molecule has 0 radical (unpaired) electrons. The number of hydrogen-bond acceptors (Lipinski definition) is 17. The van der Waals surface area contributed by atoms with Crippen LogP contribution in [0.15, 0.2) is 41.4 Å². The first-order chi connectivity index (χ1) is 20.6. The van der Waals surface area contributed by atoms with Gasteiger partial charge >= 0.3 is 11.4 Å². The van der Waals surface area contributed by atoms with Gasteiger partial charge in [0, 0.05) is 18.6 Å². The second-order valence-electron chi connectivity index (χ2n) is 8.28. The highest BCUT2D eigenvalue weighted by molar-refractivity contribution is 7.99. The summed E-state index contributed by atoms with van der Waals surface area (Å²) in [7, 11) is 0. The van der Waals surface area contributed by atoms with Crippen LogP contribution in [0.3, 0.4) is 0 Å². The molecule has 1 unspecified atom stereocenters. The average molecular weight is 648 g/mol. The van der Waals surface area contributed by atoms with E-state index in [0.29, 0.717) is 16.6 Å². The highest BCUT2D eigenvalue weighted by Crippen LogP contribution is 2.37. The van der Waals surface area contributed by atoms with Gasteiger partial charge in [-0.25, -0.2) is 0 Å². The third-order valence-electron chi connectivity index (χ3n) is 5.36. The van der Waals surface area contributed by atoms with Crippen LogP contribution in [0, 0.1) is 37.3 Å². The Labute approximate surface area is 254 Å². The zero-order chi connectivity index (χ0) is 30.9. The van der Waals surface area contributed by atoms with Crippen LogP contribution in [-0.2, 0) is 6.42 Å². The summed E-state index contributed by atoms with van der Waals surface area (Å²) >= 11 is 4.13. The molecule has 0 spiro atoms. The summed E-state index contributed by atoms with van der Waals surface area (Å²) in [5.41, 5.74) is -0.396. The summed E-state index contributed by atoms with van der Waals surface area (Å²) < 4.78 is 10.8. The van der Waals surface area contributed by atoms with Crippen LogP contribution >= 0.6 is 34.4 Å². The summed E-state index contributed by atoms with van der Waals surface area (Å²) in [4.78, 5) is 35.4. The van der Waals surface area contributed by atoms with Crippen molar-refractivity contribution < 1.29 is 24.2 Å². The molecule has 0 saturated heterocycles. The van der Waals surface area contributed by atoms with E-state index < -0.39 is 26.1 Å². The maximum Gasteiger partial charge on any atom is 0.318 e. The number of benzene rings is 2. The minimum atomic E-state index is -0.789. The standard InChI is InChI=1S/C23H21N9O8S3/c1-3-41-19(21-27-29-23(43-21)25-12-39-17-6-4-13(2)8-15(17)31(35)36)10-20-26-28-22(42-20)24-11-40-18-7-5-14(30(33)34)9-16(18)32(37)38/h4-9,11,19H,3,10,12H2,1-2H3,(H,25,29)/b24-11-. The lowest BCUT2D eigenvalue weighted by molar-refractivity contribution is -0.394. The van der Waals surface area contributed by atoms with Crippen LogP contribution < -0.4 is 14.8 Å². The number of hydrogen-bond donors (Lipinski definition) is 1. The predicted molar refractivity (Wildman–Crippen MR) is 160 cm³/mol. The summed E-state index contributed by atoms with van der Waals surface area (Å²) in [5, 5.41) is 55.0. The number of ether oxygens (including phenoxy) is 2. The van der Waals surface area contributed by atoms with Crippen LogP contribution in [0.2, 0.25) is 0 Å². The maximum absolute atomic E-state index is 11.3. The molecular formula is C23H21N9O8S3. The molecule has 43 heavy (non-hydrogen) atoms. The van der Waals surface area contributed by atoms with Crippen molar-refractivity contribution in [2.75, 3.05) is 17.8 Å². The third kappa shape index (κ3) is 8.36. The lowest BCUT2D eigenvalue weighted by atomic mass is 10.2. The normalized spacial score (nSPS) is 11.8. The van der Waals surface area contributed by atoms with Gasteiger partial charge in [-0.15, -0.1) is 20.4 Å². The van der Waals surface area contributed by atoms with Gasteiger partial charge in [-0.1, -0.05) is 35.7 Å². The fourth-order valence-corrected chi connectivity index (χ4v) is 6.20. The lowest BCUT2D eigenvalue weighted by Crippen LogP contribution is -2.09. The molecule has 0 bridgehead atoms. The molecule has 2 aromatic carbocycles. The van der Waals surface area contributed by atoms with E-state index in [1.54, 1.807) is 30.8 Å². The molecule has 0 amide bonds. The van der Waals surface area contributed by atoms with Crippen LogP contribution in [0.1, 0.15) is 27.8 Å². The molecule has 0 fully saturated rings. The smallest absolute Gasteiger partial charge is 0.318 e. The first kappa shape index (κ1) is 31.1. The zero-order valence-electron chi connectivity index (χ0n) is 22.3. The van der Waals surface area contributed by atoms with Crippen LogP contribution in [0.4, 0.5) is 27.3 Å². The Bertz CT molecular complexity index is 1660. The second-order valence-corrected chi connectivity index (χ2v) is 11.8. The van der Waals surface area contributed by atoms with E-state index >= 15 is 0 Å². The van der Waals surface area contributed by atoms with E-state index in [-0.39, 0.29) is 34.3 Å². The van der Waals surface area contributed by atoms with Crippen molar-refractivity contribution >= 4 is 68.2 Å². The zero-order valence-corrected chi connectivity index (χ0v) is 24.8. The number of anilines is 1. The number of aliphatic imine (C=N–C) groups is 1. The number of aromatic nitrogens is 4. The number of rotatable bonds is 15. The van der Waals surface area contributed by atoms with Gasteiger partial charge in [-0.2, -0.15) is 16.8 Å². The van der Waals surface area contributed by atoms with Crippen LogP contribution in [0.25, 0.3) is 0 Å².